The molecule has 0 unspecified atom stereocenters. The van der Waals surface area contributed by atoms with Crippen LogP contribution >= 0.6 is 0 Å². The smallest absolute Gasteiger partial charge is 0.413 e. The highest BCUT2D eigenvalue weighted by atomic mass is 16.4. The van der Waals surface area contributed by atoms with Crippen molar-refractivity contribution in [1.82, 2.24) is 9.97 Å². The Labute approximate surface area is 177 Å². The van der Waals surface area contributed by atoms with E-state index in [0.717, 1.165) is 4.90 Å². The van der Waals surface area contributed by atoms with Crippen molar-refractivity contribution in [2.24, 2.45) is 0 Å². The van der Waals surface area contributed by atoms with Crippen LogP contribution < -0.4 is 10.2 Å². The molecule has 4 rings (SSSR count). The number of benzene rings is 3. The normalized spacial score (nSPS) is 10.6. The topological polar surface area (TPSA) is 115 Å². The Morgan fingerprint density at radius 1 is 0.935 bits per heavy atom. The van der Waals surface area contributed by atoms with E-state index in [4.69, 9.17) is 5.11 Å². The van der Waals surface area contributed by atoms with E-state index in [1.165, 1.54) is 7.05 Å². The predicted octanol–water partition coefficient (Wildman–Crippen LogP) is 4.16. The van der Waals surface area contributed by atoms with Gasteiger partial charge in [-0.15, -0.1) is 0 Å². The number of aromatic nitrogens is 2. The third-order valence-electron chi connectivity index (χ3n) is 4.79. The first-order valence-corrected chi connectivity index (χ1v) is 9.40. The lowest BCUT2D eigenvalue weighted by atomic mass is 10.0. The Kier molecular flexibility index (Phi) is 5.19. The monoisotopic (exact) mass is 414 g/mol. The van der Waals surface area contributed by atoms with Crippen LogP contribution in [0.3, 0.4) is 0 Å². The Balaban J connectivity index is 1.64. The molecule has 0 fully saturated rings. The molecule has 0 saturated heterocycles. The summed E-state index contributed by atoms with van der Waals surface area (Å²) in [4.78, 5) is 44.9. The van der Waals surface area contributed by atoms with Crippen molar-refractivity contribution >= 4 is 40.5 Å². The van der Waals surface area contributed by atoms with Gasteiger partial charge in [0, 0.05) is 23.7 Å². The molecule has 0 aliphatic carbocycles. The molecule has 0 bridgehead atoms. The minimum absolute atomic E-state index is 0.155. The zero-order valence-electron chi connectivity index (χ0n) is 16.5. The van der Waals surface area contributed by atoms with E-state index >= 15 is 0 Å². The number of carbonyl (C=O) groups excluding carboxylic acids is 2. The highest BCUT2D eigenvalue weighted by Gasteiger charge is 2.18. The maximum atomic E-state index is 13.2. The molecule has 0 saturated carbocycles. The Hall–Kier alpha value is -4.46. The zero-order chi connectivity index (χ0) is 22.0. The van der Waals surface area contributed by atoms with Crippen LogP contribution in [-0.4, -0.2) is 39.9 Å². The maximum absolute atomic E-state index is 13.2. The molecule has 154 valence electrons. The molecule has 3 N–H and O–H groups in total. The standard InChI is InChI=1S/C23H18N4O4/c1-27(23(30)31)22-25-18-12-11-15(13-19(18)26-22)20(28)16-9-5-6-10-17(16)24-21(29)14-7-3-2-4-8-14/h2-13H,1H3,(H,24,29)(H,25,26)(H,30,31). The number of nitrogens with one attached hydrogen (secondary N) is 2. The number of hydrogen-bond donors (Lipinski definition) is 3. The van der Waals surface area contributed by atoms with Crippen LogP contribution in [0.4, 0.5) is 16.4 Å². The van der Waals surface area contributed by atoms with E-state index < -0.39 is 6.09 Å². The van der Waals surface area contributed by atoms with Gasteiger partial charge in [0.1, 0.15) is 0 Å². The largest absolute Gasteiger partial charge is 0.465 e. The number of imidazole rings is 1. The molecule has 3 aromatic carbocycles. The second-order valence-corrected chi connectivity index (χ2v) is 6.83. The number of H-pyrrole nitrogens is 1. The number of hydrogen-bond acceptors (Lipinski definition) is 4. The van der Waals surface area contributed by atoms with E-state index in [1.54, 1.807) is 66.7 Å². The van der Waals surface area contributed by atoms with Crippen LogP contribution in [0.25, 0.3) is 11.0 Å². The molecular weight excluding hydrogens is 396 g/mol. The molecule has 8 heteroatoms. The zero-order valence-corrected chi connectivity index (χ0v) is 16.5. The SMILES string of the molecule is CN(C(=O)O)c1nc2ccc(C(=O)c3ccccc3NC(=O)c3ccccc3)cc2[nH]1. The molecular formula is C23H18N4O4. The summed E-state index contributed by atoms with van der Waals surface area (Å²) in [6.45, 7) is 0. The lowest BCUT2D eigenvalue weighted by Gasteiger charge is -2.10. The molecule has 0 aliphatic heterocycles. The first-order valence-electron chi connectivity index (χ1n) is 9.40. The molecule has 4 aromatic rings. The maximum Gasteiger partial charge on any atom is 0.413 e. The summed E-state index contributed by atoms with van der Waals surface area (Å²) in [5.74, 6) is -0.442. The summed E-state index contributed by atoms with van der Waals surface area (Å²) >= 11 is 0. The number of fused-ring (bicyclic) bond motifs is 1. The molecule has 1 aromatic heterocycles. The van der Waals surface area contributed by atoms with Gasteiger partial charge in [-0.1, -0.05) is 30.3 Å². The Morgan fingerprint density at radius 2 is 1.65 bits per heavy atom. The van der Waals surface area contributed by atoms with Gasteiger partial charge in [-0.05, 0) is 42.5 Å². The molecule has 0 aliphatic rings. The third kappa shape index (κ3) is 3.99. The predicted molar refractivity (Wildman–Crippen MR) is 117 cm³/mol. The van der Waals surface area contributed by atoms with Crippen molar-refractivity contribution in [2.75, 3.05) is 17.3 Å². The van der Waals surface area contributed by atoms with Gasteiger partial charge in [-0.25, -0.2) is 9.78 Å². The number of anilines is 2. The minimum Gasteiger partial charge on any atom is -0.465 e. The van der Waals surface area contributed by atoms with Gasteiger partial charge in [0.15, 0.2) is 5.78 Å². The Morgan fingerprint density at radius 3 is 2.39 bits per heavy atom. The molecule has 2 amide bonds. The lowest BCUT2D eigenvalue weighted by molar-refractivity contribution is 0.102. The molecule has 0 atom stereocenters. The van der Waals surface area contributed by atoms with Crippen LogP contribution in [0.15, 0.2) is 72.8 Å². The average molecular weight is 414 g/mol. The molecule has 0 radical (unpaired) electrons. The van der Waals surface area contributed by atoms with Gasteiger partial charge in [-0.2, -0.15) is 0 Å². The van der Waals surface area contributed by atoms with Gasteiger partial charge in [0.25, 0.3) is 5.91 Å². The van der Waals surface area contributed by atoms with E-state index in [-0.39, 0.29) is 17.6 Å². The molecule has 8 nitrogen and oxygen atoms in total. The number of ketones is 1. The molecule has 0 spiro atoms. The van der Waals surface area contributed by atoms with Gasteiger partial charge in [-0.3, -0.25) is 14.5 Å². The van der Waals surface area contributed by atoms with Crippen LogP contribution in [0, 0.1) is 0 Å². The van der Waals surface area contributed by atoms with E-state index in [9.17, 15) is 14.4 Å². The highest BCUT2D eigenvalue weighted by Crippen LogP contribution is 2.23. The van der Waals surface area contributed by atoms with Gasteiger partial charge < -0.3 is 15.4 Å². The summed E-state index contributed by atoms with van der Waals surface area (Å²) in [6.07, 6.45) is -1.15. The number of nitrogens with zero attached hydrogens (tertiary/aromatic N) is 2. The van der Waals surface area contributed by atoms with E-state index in [0.29, 0.717) is 33.4 Å². The van der Waals surface area contributed by atoms with E-state index in [2.05, 4.69) is 15.3 Å². The molecule has 1 heterocycles. The second-order valence-electron chi connectivity index (χ2n) is 6.83. The van der Waals surface area contributed by atoms with E-state index in [1.807, 2.05) is 6.07 Å². The average Bonchev–Trinajstić information content (AvgIpc) is 3.22. The summed E-state index contributed by atoms with van der Waals surface area (Å²) in [5.41, 5.74) is 2.66. The number of amides is 2. The number of para-hydroxylation sites is 1. The van der Waals surface area contributed by atoms with Crippen molar-refractivity contribution in [2.45, 2.75) is 0 Å². The van der Waals surface area contributed by atoms with Crippen molar-refractivity contribution in [3.05, 3.63) is 89.5 Å². The molecule has 31 heavy (non-hydrogen) atoms. The minimum atomic E-state index is -1.15. The fourth-order valence-electron chi connectivity index (χ4n) is 3.12. The summed E-state index contributed by atoms with van der Waals surface area (Å²) in [7, 11) is 1.37. The van der Waals surface area contributed by atoms with Crippen molar-refractivity contribution in [3.63, 3.8) is 0 Å². The third-order valence-corrected chi connectivity index (χ3v) is 4.79. The first kappa shape index (κ1) is 19.8. The van der Waals surface area contributed by atoms with Crippen LogP contribution in [0.5, 0.6) is 0 Å². The van der Waals surface area contributed by atoms with Gasteiger partial charge >= 0.3 is 6.09 Å². The van der Waals surface area contributed by atoms with Crippen LogP contribution in [0.2, 0.25) is 0 Å². The van der Waals surface area contributed by atoms with Crippen molar-refractivity contribution in [3.8, 4) is 0 Å². The summed E-state index contributed by atoms with van der Waals surface area (Å²) < 4.78 is 0. The number of aromatic amines is 1. The lowest BCUT2D eigenvalue weighted by Crippen LogP contribution is -2.24. The van der Waals surface area contributed by atoms with Crippen molar-refractivity contribution in [1.29, 1.82) is 0 Å². The van der Waals surface area contributed by atoms with Crippen molar-refractivity contribution < 1.29 is 19.5 Å². The van der Waals surface area contributed by atoms with Crippen LogP contribution in [-0.2, 0) is 0 Å². The Bertz CT molecular complexity index is 1300. The number of rotatable bonds is 5. The summed E-state index contributed by atoms with van der Waals surface area (Å²) in [5, 5.41) is 11.9. The fourth-order valence-corrected chi connectivity index (χ4v) is 3.12. The van der Waals surface area contributed by atoms with Gasteiger partial charge in [0.2, 0.25) is 5.95 Å². The summed E-state index contributed by atoms with van der Waals surface area (Å²) in [6, 6.07) is 20.4. The highest BCUT2D eigenvalue weighted by molar-refractivity contribution is 6.16. The quantitative estimate of drug-likeness (QED) is 0.424. The van der Waals surface area contributed by atoms with Gasteiger partial charge in [0.05, 0.1) is 16.7 Å². The first-order chi connectivity index (χ1) is 14.9. The van der Waals surface area contributed by atoms with Crippen LogP contribution in [0.1, 0.15) is 26.3 Å². The fraction of sp³-hybridized carbons (Fsp3) is 0.0435. The second kappa shape index (κ2) is 8.11. The number of carbonyl (C=O) groups is 3. The number of carboxylic acid groups (broad SMARTS) is 1.